The Labute approximate surface area is 152 Å². The predicted molar refractivity (Wildman–Crippen MR) is 98.7 cm³/mol. The zero-order chi connectivity index (χ0) is 17.1. The summed E-state index contributed by atoms with van der Waals surface area (Å²) in [5.41, 5.74) is 3.39. The SMILES string of the molecule is COCOc1ccc2c(c1)CN(C)CCN2c1ccc(Cl)c(Cl)c1. The maximum absolute atomic E-state index is 6.21. The fourth-order valence-corrected chi connectivity index (χ4v) is 3.14. The molecule has 1 aliphatic rings. The van der Waals surface area contributed by atoms with Crippen molar-refractivity contribution in [2.24, 2.45) is 0 Å². The first-order chi connectivity index (χ1) is 11.6. The van der Waals surface area contributed by atoms with Crippen LogP contribution in [0.1, 0.15) is 5.56 Å². The minimum absolute atomic E-state index is 0.241. The molecule has 0 N–H and O–H groups in total. The molecule has 0 saturated heterocycles. The summed E-state index contributed by atoms with van der Waals surface area (Å²) in [6.07, 6.45) is 0. The van der Waals surface area contributed by atoms with Crippen molar-refractivity contribution in [3.63, 3.8) is 0 Å². The summed E-state index contributed by atoms with van der Waals surface area (Å²) in [6, 6.07) is 11.9. The molecule has 1 aliphatic heterocycles. The lowest BCUT2D eigenvalue weighted by molar-refractivity contribution is 0.0510. The molecule has 4 nitrogen and oxygen atoms in total. The predicted octanol–water partition coefficient (Wildman–Crippen LogP) is 4.56. The van der Waals surface area contributed by atoms with Crippen LogP contribution in [0.2, 0.25) is 10.0 Å². The van der Waals surface area contributed by atoms with Gasteiger partial charge >= 0.3 is 0 Å². The van der Waals surface area contributed by atoms with Gasteiger partial charge in [-0.1, -0.05) is 23.2 Å². The zero-order valence-electron chi connectivity index (χ0n) is 13.8. The van der Waals surface area contributed by atoms with Crippen LogP contribution in [0.15, 0.2) is 36.4 Å². The Morgan fingerprint density at radius 3 is 2.62 bits per heavy atom. The van der Waals surface area contributed by atoms with Gasteiger partial charge in [0.05, 0.1) is 10.0 Å². The van der Waals surface area contributed by atoms with Crippen molar-refractivity contribution in [2.75, 3.05) is 38.9 Å². The smallest absolute Gasteiger partial charge is 0.188 e. The van der Waals surface area contributed by atoms with E-state index < -0.39 is 0 Å². The third-order valence-electron chi connectivity index (χ3n) is 4.05. The first-order valence-corrected chi connectivity index (χ1v) is 8.50. The molecule has 24 heavy (non-hydrogen) atoms. The van der Waals surface area contributed by atoms with Crippen LogP contribution in [0.25, 0.3) is 0 Å². The van der Waals surface area contributed by atoms with Crippen LogP contribution < -0.4 is 9.64 Å². The van der Waals surface area contributed by atoms with Crippen LogP contribution in [0, 0.1) is 0 Å². The second-order valence-corrected chi connectivity index (χ2v) is 6.64. The van der Waals surface area contributed by atoms with E-state index in [1.165, 1.54) is 5.56 Å². The van der Waals surface area contributed by atoms with Crippen molar-refractivity contribution in [3.8, 4) is 5.75 Å². The van der Waals surface area contributed by atoms with Crippen LogP contribution in [0.5, 0.6) is 5.75 Å². The lowest BCUT2D eigenvalue weighted by atomic mass is 10.1. The number of benzene rings is 2. The van der Waals surface area contributed by atoms with Crippen molar-refractivity contribution in [2.45, 2.75) is 6.54 Å². The molecule has 2 aromatic carbocycles. The summed E-state index contributed by atoms with van der Waals surface area (Å²) >= 11 is 12.3. The molecule has 6 heteroatoms. The molecule has 0 unspecified atom stereocenters. The van der Waals surface area contributed by atoms with Gasteiger partial charge in [-0.25, -0.2) is 0 Å². The highest BCUT2D eigenvalue weighted by atomic mass is 35.5. The highest BCUT2D eigenvalue weighted by Gasteiger charge is 2.20. The molecule has 0 bridgehead atoms. The number of nitrogens with zero attached hydrogens (tertiary/aromatic N) is 2. The Balaban J connectivity index is 1.98. The first kappa shape index (κ1) is 17.4. The van der Waals surface area contributed by atoms with Crippen molar-refractivity contribution in [3.05, 3.63) is 52.0 Å². The zero-order valence-corrected chi connectivity index (χ0v) is 15.3. The fourth-order valence-electron chi connectivity index (χ4n) is 2.85. The number of hydrogen-bond acceptors (Lipinski definition) is 4. The Morgan fingerprint density at radius 2 is 1.88 bits per heavy atom. The summed E-state index contributed by atoms with van der Waals surface area (Å²) < 4.78 is 10.6. The minimum atomic E-state index is 0.241. The maximum Gasteiger partial charge on any atom is 0.188 e. The van der Waals surface area contributed by atoms with E-state index in [1.54, 1.807) is 7.11 Å². The van der Waals surface area contributed by atoms with Crippen molar-refractivity contribution < 1.29 is 9.47 Å². The third kappa shape index (κ3) is 3.78. The average Bonchev–Trinajstić information content (AvgIpc) is 2.73. The maximum atomic E-state index is 6.21. The summed E-state index contributed by atoms with van der Waals surface area (Å²) in [4.78, 5) is 4.55. The molecule has 2 aromatic rings. The van der Waals surface area contributed by atoms with E-state index in [-0.39, 0.29) is 6.79 Å². The lowest BCUT2D eigenvalue weighted by Crippen LogP contribution is -2.26. The molecular formula is C18H20Cl2N2O2. The number of likely N-dealkylation sites (N-methyl/N-ethyl adjacent to an activating group) is 1. The fraction of sp³-hybridized carbons (Fsp3) is 0.333. The summed E-state index contributed by atoms with van der Waals surface area (Å²) in [6.45, 7) is 2.92. The van der Waals surface area contributed by atoms with Gasteiger partial charge in [0.1, 0.15) is 5.75 Å². The number of ether oxygens (including phenoxy) is 2. The number of halogens is 2. The number of methoxy groups -OCH3 is 1. The number of hydrogen-bond donors (Lipinski definition) is 0. The van der Waals surface area contributed by atoms with E-state index in [1.807, 2.05) is 24.3 Å². The van der Waals surface area contributed by atoms with E-state index >= 15 is 0 Å². The van der Waals surface area contributed by atoms with Crippen molar-refractivity contribution in [1.82, 2.24) is 4.90 Å². The molecule has 1 heterocycles. The highest BCUT2D eigenvalue weighted by Crippen LogP contribution is 2.36. The molecule has 0 atom stereocenters. The Hall–Kier alpha value is -1.46. The number of rotatable bonds is 4. The molecule has 0 aromatic heterocycles. The average molecular weight is 367 g/mol. The Morgan fingerprint density at radius 1 is 1.04 bits per heavy atom. The van der Waals surface area contributed by atoms with E-state index in [4.69, 9.17) is 32.7 Å². The largest absolute Gasteiger partial charge is 0.468 e. The van der Waals surface area contributed by atoms with Crippen LogP contribution >= 0.6 is 23.2 Å². The highest BCUT2D eigenvalue weighted by molar-refractivity contribution is 6.42. The van der Waals surface area contributed by atoms with Crippen LogP contribution in [-0.2, 0) is 11.3 Å². The Bertz CT molecular complexity index is 724. The van der Waals surface area contributed by atoms with E-state index in [9.17, 15) is 0 Å². The molecule has 0 radical (unpaired) electrons. The Kier molecular flexibility index (Phi) is 5.51. The quantitative estimate of drug-likeness (QED) is 0.740. The second kappa shape index (κ2) is 7.62. The topological polar surface area (TPSA) is 24.9 Å². The summed E-state index contributed by atoms with van der Waals surface area (Å²) in [7, 11) is 3.73. The molecule has 0 saturated carbocycles. The van der Waals surface area contributed by atoms with Gasteiger partial charge in [0.25, 0.3) is 0 Å². The molecule has 0 spiro atoms. The summed E-state index contributed by atoms with van der Waals surface area (Å²) in [5.74, 6) is 0.806. The van der Waals surface area contributed by atoms with Gasteiger partial charge in [0.15, 0.2) is 6.79 Å². The number of anilines is 2. The summed E-state index contributed by atoms with van der Waals surface area (Å²) in [5, 5.41) is 1.13. The van der Waals surface area contributed by atoms with E-state index in [2.05, 4.69) is 29.0 Å². The normalized spacial score (nSPS) is 15.1. The van der Waals surface area contributed by atoms with Gasteiger partial charge < -0.3 is 19.3 Å². The van der Waals surface area contributed by atoms with Gasteiger partial charge in [-0.3, -0.25) is 0 Å². The van der Waals surface area contributed by atoms with Gasteiger partial charge in [0.2, 0.25) is 0 Å². The third-order valence-corrected chi connectivity index (χ3v) is 4.78. The first-order valence-electron chi connectivity index (χ1n) is 7.74. The molecular weight excluding hydrogens is 347 g/mol. The molecule has 128 valence electrons. The number of fused-ring (bicyclic) bond motifs is 1. The van der Waals surface area contributed by atoms with Crippen molar-refractivity contribution in [1.29, 1.82) is 0 Å². The van der Waals surface area contributed by atoms with Crippen LogP contribution in [0.3, 0.4) is 0 Å². The van der Waals surface area contributed by atoms with Gasteiger partial charge in [-0.05, 0) is 49.0 Å². The standard InChI is InChI=1S/C18H20Cl2N2O2/c1-21-7-8-22(14-3-5-16(19)17(20)10-14)18-6-4-15(24-12-23-2)9-13(18)11-21/h3-6,9-10H,7-8,11-12H2,1-2H3. The van der Waals surface area contributed by atoms with Crippen LogP contribution in [0.4, 0.5) is 11.4 Å². The van der Waals surface area contributed by atoms with E-state index in [0.717, 1.165) is 36.8 Å². The molecule has 3 rings (SSSR count). The molecule has 0 aliphatic carbocycles. The minimum Gasteiger partial charge on any atom is -0.468 e. The van der Waals surface area contributed by atoms with E-state index in [0.29, 0.717) is 10.0 Å². The monoisotopic (exact) mass is 366 g/mol. The van der Waals surface area contributed by atoms with Gasteiger partial charge in [-0.2, -0.15) is 0 Å². The van der Waals surface area contributed by atoms with Gasteiger partial charge in [-0.15, -0.1) is 0 Å². The lowest BCUT2D eigenvalue weighted by Gasteiger charge is -2.25. The van der Waals surface area contributed by atoms with Crippen LogP contribution in [-0.4, -0.2) is 38.9 Å². The molecule has 0 fully saturated rings. The second-order valence-electron chi connectivity index (χ2n) is 5.83. The molecule has 0 amide bonds. The van der Waals surface area contributed by atoms with Crippen molar-refractivity contribution >= 4 is 34.6 Å². The van der Waals surface area contributed by atoms with Gasteiger partial charge in [0, 0.05) is 38.1 Å².